The van der Waals surface area contributed by atoms with Crippen LogP contribution in [-0.2, 0) is 12.4 Å². The summed E-state index contributed by atoms with van der Waals surface area (Å²) in [6.45, 7) is 2.42. The summed E-state index contributed by atoms with van der Waals surface area (Å²) in [5.41, 5.74) is 3.52. The third kappa shape index (κ3) is 2.79. The number of nitrogens with zero attached hydrogens (tertiary/aromatic N) is 1. The molecule has 1 heterocycles. The van der Waals surface area contributed by atoms with E-state index >= 15 is 0 Å². The Morgan fingerprint density at radius 1 is 1.20 bits per heavy atom. The number of fused-ring (bicyclic) bond motifs is 1. The van der Waals surface area contributed by atoms with Crippen molar-refractivity contribution < 1.29 is 4.74 Å². The highest BCUT2D eigenvalue weighted by Crippen LogP contribution is 2.32. The van der Waals surface area contributed by atoms with Crippen molar-refractivity contribution in [3.8, 4) is 5.75 Å². The van der Waals surface area contributed by atoms with Gasteiger partial charge in [0.05, 0.1) is 12.2 Å². The molecule has 2 nitrogen and oxygen atoms in total. The monoisotopic (exact) mass is 351 g/mol. The zero-order valence-corrected chi connectivity index (χ0v) is 13.3. The molecule has 0 aromatic heterocycles. The summed E-state index contributed by atoms with van der Waals surface area (Å²) in [6.07, 6.45) is 0. The molecule has 0 amide bonds. The predicted octanol–water partition coefficient (Wildman–Crippen LogP) is 4.59. The summed E-state index contributed by atoms with van der Waals surface area (Å²) in [4.78, 5) is 2.33. The Balaban J connectivity index is 1.91. The average Bonchev–Trinajstić information content (AvgIpc) is 2.69. The third-order valence-corrected chi connectivity index (χ3v) is 4.40. The molecule has 1 aliphatic rings. The summed E-state index contributed by atoms with van der Waals surface area (Å²) >= 11 is 9.52. The maximum absolute atomic E-state index is 5.88. The highest BCUT2D eigenvalue weighted by Gasteiger charge is 2.17. The van der Waals surface area contributed by atoms with Crippen LogP contribution in [-0.4, -0.2) is 13.2 Å². The van der Waals surface area contributed by atoms with E-state index in [9.17, 15) is 0 Å². The number of halogens is 2. The van der Waals surface area contributed by atoms with E-state index in [-0.39, 0.29) is 0 Å². The molecule has 4 heteroatoms. The Kier molecular flexibility index (Phi) is 4.18. The fraction of sp³-hybridized carbons (Fsp3) is 0.250. The molecule has 0 N–H and O–H groups in total. The van der Waals surface area contributed by atoms with Crippen LogP contribution in [0.3, 0.4) is 0 Å². The number of anilines is 1. The SMILES string of the molecule is ClCc1ccc(N2CCOc3ccccc3C2)c(Br)c1. The van der Waals surface area contributed by atoms with Gasteiger partial charge in [0.1, 0.15) is 12.4 Å². The molecule has 2 aromatic carbocycles. The summed E-state index contributed by atoms with van der Waals surface area (Å²) in [7, 11) is 0. The van der Waals surface area contributed by atoms with Crippen molar-refractivity contribution in [2.75, 3.05) is 18.1 Å². The molecule has 104 valence electrons. The lowest BCUT2D eigenvalue weighted by atomic mass is 10.1. The zero-order valence-electron chi connectivity index (χ0n) is 11.0. The molecule has 3 rings (SSSR count). The molecule has 0 unspecified atom stereocenters. The lowest BCUT2D eigenvalue weighted by Gasteiger charge is -2.23. The number of ether oxygens (including phenoxy) is 1. The molecular formula is C16H15BrClNO. The fourth-order valence-corrected chi connectivity index (χ4v) is 3.26. The van der Waals surface area contributed by atoms with Crippen molar-refractivity contribution in [2.45, 2.75) is 12.4 Å². The number of para-hydroxylation sites is 1. The number of benzene rings is 2. The molecule has 0 fully saturated rings. The highest BCUT2D eigenvalue weighted by molar-refractivity contribution is 9.10. The van der Waals surface area contributed by atoms with E-state index in [1.807, 2.05) is 12.1 Å². The van der Waals surface area contributed by atoms with E-state index in [2.05, 4.69) is 51.2 Å². The van der Waals surface area contributed by atoms with Crippen LogP contribution in [0.5, 0.6) is 5.75 Å². The molecular weight excluding hydrogens is 338 g/mol. The van der Waals surface area contributed by atoms with E-state index in [0.717, 1.165) is 28.9 Å². The molecule has 0 saturated heterocycles. The van der Waals surface area contributed by atoms with Crippen LogP contribution in [0.4, 0.5) is 5.69 Å². The molecule has 0 aliphatic carbocycles. The van der Waals surface area contributed by atoms with Gasteiger partial charge >= 0.3 is 0 Å². The van der Waals surface area contributed by atoms with Crippen molar-refractivity contribution in [3.63, 3.8) is 0 Å². The van der Waals surface area contributed by atoms with Crippen molar-refractivity contribution in [3.05, 3.63) is 58.1 Å². The van der Waals surface area contributed by atoms with Gasteiger partial charge in [0.25, 0.3) is 0 Å². The van der Waals surface area contributed by atoms with Crippen molar-refractivity contribution in [1.82, 2.24) is 0 Å². The van der Waals surface area contributed by atoms with Crippen LogP contribution in [0.1, 0.15) is 11.1 Å². The lowest BCUT2D eigenvalue weighted by molar-refractivity contribution is 0.331. The molecule has 0 bridgehead atoms. The first-order valence-electron chi connectivity index (χ1n) is 6.58. The van der Waals surface area contributed by atoms with Crippen LogP contribution in [0, 0.1) is 0 Å². The number of alkyl halides is 1. The second kappa shape index (κ2) is 6.06. The maximum Gasteiger partial charge on any atom is 0.124 e. The van der Waals surface area contributed by atoms with Crippen molar-refractivity contribution >= 4 is 33.2 Å². The quantitative estimate of drug-likeness (QED) is 0.733. The highest BCUT2D eigenvalue weighted by atomic mass is 79.9. The zero-order chi connectivity index (χ0) is 13.9. The summed E-state index contributed by atoms with van der Waals surface area (Å²) in [5, 5.41) is 0. The molecule has 0 spiro atoms. The summed E-state index contributed by atoms with van der Waals surface area (Å²) in [5.74, 6) is 1.52. The molecule has 0 radical (unpaired) electrons. The standard InChI is InChI=1S/C16H15BrClNO/c17-14-9-12(10-18)5-6-15(14)19-7-8-20-16-4-2-1-3-13(16)11-19/h1-6,9H,7-8,10-11H2. The van der Waals surface area contributed by atoms with Gasteiger partial charge < -0.3 is 9.64 Å². The first kappa shape index (κ1) is 13.8. The summed E-state index contributed by atoms with van der Waals surface area (Å²) in [6, 6.07) is 14.5. The van der Waals surface area contributed by atoms with Crippen LogP contribution in [0.2, 0.25) is 0 Å². The third-order valence-electron chi connectivity index (χ3n) is 3.46. The van der Waals surface area contributed by atoms with E-state index < -0.39 is 0 Å². The van der Waals surface area contributed by atoms with Gasteiger partial charge in [-0.3, -0.25) is 0 Å². The van der Waals surface area contributed by atoms with Crippen LogP contribution in [0.25, 0.3) is 0 Å². The number of hydrogen-bond donors (Lipinski definition) is 0. The van der Waals surface area contributed by atoms with Gasteiger partial charge in [-0.2, -0.15) is 0 Å². The van der Waals surface area contributed by atoms with Crippen LogP contribution < -0.4 is 9.64 Å². The van der Waals surface area contributed by atoms with E-state index in [1.165, 1.54) is 11.3 Å². The largest absolute Gasteiger partial charge is 0.491 e. The fourth-order valence-electron chi connectivity index (χ4n) is 2.42. The minimum atomic E-state index is 0.533. The Morgan fingerprint density at radius 3 is 2.85 bits per heavy atom. The van der Waals surface area contributed by atoms with Gasteiger partial charge in [0, 0.05) is 22.5 Å². The van der Waals surface area contributed by atoms with Gasteiger partial charge in [-0.05, 0) is 39.7 Å². The molecule has 0 saturated carbocycles. The Hall–Kier alpha value is -1.19. The molecule has 2 aromatic rings. The Morgan fingerprint density at radius 2 is 2.05 bits per heavy atom. The summed E-state index contributed by atoms with van der Waals surface area (Å²) < 4.78 is 6.89. The van der Waals surface area contributed by atoms with Gasteiger partial charge in [-0.15, -0.1) is 11.6 Å². The second-order valence-corrected chi connectivity index (χ2v) is 5.92. The average molecular weight is 353 g/mol. The maximum atomic E-state index is 5.88. The topological polar surface area (TPSA) is 12.5 Å². The predicted molar refractivity (Wildman–Crippen MR) is 86.7 cm³/mol. The van der Waals surface area contributed by atoms with E-state index in [0.29, 0.717) is 12.5 Å². The first-order chi connectivity index (χ1) is 9.78. The van der Waals surface area contributed by atoms with E-state index in [4.69, 9.17) is 16.3 Å². The van der Waals surface area contributed by atoms with Gasteiger partial charge in [-0.25, -0.2) is 0 Å². The lowest BCUT2D eigenvalue weighted by Crippen LogP contribution is -2.25. The van der Waals surface area contributed by atoms with E-state index in [1.54, 1.807) is 0 Å². The number of hydrogen-bond acceptors (Lipinski definition) is 2. The molecule has 20 heavy (non-hydrogen) atoms. The van der Waals surface area contributed by atoms with Crippen molar-refractivity contribution in [2.24, 2.45) is 0 Å². The normalized spacial score (nSPS) is 14.4. The van der Waals surface area contributed by atoms with Gasteiger partial charge in [0.15, 0.2) is 0 Å². The minimum Gasteiger partial charge on any atom is -0.491 e. The molecule has 1 aliphatic heterocycles. The Bertz CT molecular complexity index is 617. The van der Waals surface area contributed by atoms with Crippen molar-refractivity contribution in [1.29, 1.82) is 0 Å². The minimum absolute atomic E-state index is 0.533. The van der Waals surface area contributed by atoms with Gasteiger partial charge in [-0.1, -0.05) is 24.3 Å². The molecule has 0 atom stereocenters. The smallest absolute Gasteiger partial charge is 0.124 e. The van der Waals surface area contributed by atoms with Gasteiger partial charge in [0.2, 0.25) is 0 Å². The van der Waals surface area contributed by atoms with Crippen LogP contribution >= 0.6 is 27.5 Å². The van der Waals surface area contributed by atoms with Crippen LogP contribution in [0.15, 0.2) is 46.9 Å². The second-order valence-electron chi connectivity index (χ2n) is 4.80. The number of rotatable bonds is 2. The Labute approximate surface area is 132 Å². The first-order valence-corrected chi connectivity index (χ1v) is 7.91.